The highest BCUT2D eigenvalue weighted by Crippen LogP contribution is 2.36. The van der Waals surface area contributed by atoms with Crippen LogP contribution in [0.4, 0.5) is 10.1 Å². The molecule has 7 nitrogen and oxygen atoms in total. The lowest BCUT2D eigenvalue weighted by Gasteiger charge is -2.21. The third-order valence-corrected chi connectivity index (χ3v) is 5.11. The fraction of sp³-hybridized carbons (Fsp3) is 0.368. The summed E-state index contributed by atoms with van der Waals surface area (Å²) in [4.78, 5) is 50.0. The van der Waals surface area contributed by atoms with Gasteiger partial charge in [0.05, 0.1) is 16.9 Å². The molecule has 0 spiro atoms. The van der Waals surface area contributed by atoms with Crippen LogP contribution in [0.1, 0.15) is 19.8 Å². The predicted molar refractivity (Wildman–Crippen MR) is 97.7 cm³/mol. The van der Waals surface area contributed by atoms with Gasteiger partial charge in [0, 0.05) is 5.69 Å². The molecule has 1 aliphatic carbocycles. The van der Waals surface area contributed by atoms with Gasteiger partial charge in [-0.1, -0.05) is 23.8 Å². The Labute approximate surface area is 165 Å². The smallest absolute Gasteiger partial charge is 0.329 e. The number of benzene rings is 1. The Morgan fingerprint density at radius 1 is 1.25 bits per heavy atom. The van der Waals surface area contributed by atoms with Gasteiger partial charge in [-0.25, -0.2) is 9.18 Å². The summed E-state index contributed by atoms with van der Waals surface area (Å²) < 4.78 is 18.1. The summed E-state index contributed by atoms with van der Waals surface area (Å²) in [5.74, 6) is -3.83. The van der Waals surface area contributed by atoms with E-state index >= 15 is 0 Å². The lowest BCUT2D eigenvalue weighted by Crippen LogP contribution is -2.45. The average molecular weight is 409 g/mol. The predicted octanol–water partition coefficient (Wildman–Crippen LogP) is 2.30. The monoisotopic (exact) mass is 408 g/mol. The van der Waals surface area contributed by atoms with Gasteiger partial charge in [-0.3, -0.25) is 19.3 Å². The number of likely N-dealkylation sites (tertiary alicyclic amines) is 1. The summed E-state index contributed by atoms with van der Waals surface area (Å²) in [5, 5.41) is 2.25. The number of rotatable bonds is 5. The second-order valence-electron chi connectivity index (χ2n) is 6.66. The molecule has 9 heteroatoms. The highest BCUT2D eigenvalue weighted by Gasteiger charge is 2.50. The van der Waals surface area contributed by atoms with Gasteiger partial charge in [0.2, 0.25) is 11.8 Å². The Balaban J connectivity index is 1.55. The van der Waals surface area contributed by atoms with Crippen molar-refractivity contribution >= 4 is 41.0 Å². The molecule has 1 saturated heterocycles. The van der Waals surface area contributed by atoms with E-state index in [1.54, 1.807) is 0 Å². The summed E-state index contributed by atoms with van der Waals surface area (Å²) in [6.45, 7) is 0.767. The molecule has 28 heavy (non-hydrogen) atoms. The Kier molecular flexibility index (Phi) is 5.79. The zero-order chi connectivity index (χ0) is 20.4. The van der Waals surface area contributed by atoms with E-state index in [1.165, 1.54) is 19.1 Å². The second kappa shape index (κ2) is 8.10. The minimum absolute atomic E-state index is 0.162. The number of amides is 3. The number of esters is 1. The van der Waals surface area contributed by atoms with Crippen molar-refractivity contribution < 1.29 is 28.3 Å². The van der Waals surface area contributed by atoms with Crippen molar-refractivity contribution in [2.75, 3.05) is 11.9 Å². The summed E-state index contributed by atoms with van der Waals surface area (Å²) in [6.07, 6.45) is 4.64. The first-order valence-corrected chi connectivity index (χ1v) is 9.11. The van der Waals surface area contributed by atoms with Crippen LogP contribution in [0, 0.1) is 17.7 Å². The minimum atomic E-state index is -1.13. The van der Waals surface area contributed by atoms with E-state index in [0.29, 0.717) is 12.8 Å². The number of fused-ring (bicyclic) bond motifs is 1. The van der Waals surface area contributed by atoms with Gasteiger partial charge in [-0.15, -0.1) is 0 Å². The zero-order valence-electron chi connectivity index (χ0n) is 15.0. The van der Waals surface area contributed by atoms with Gasteiger partial charge in [0.1, 0.15) is 11.9 Å². The molecule has 2 aliphatic rings. The van der Waals surface area contributed by atoms with Gasteiger partial charge in [0.25, 0.3) is 5.91 Å². The zero-order valence-corrected chi connectivity index (χ0v) is 15.7. The molecule has 0 saturated carbocycles. The number of halogens is 2. The van der Waals surface area contributed by atoms with E-state index in [2.05, 4.69) is 5.32 Å². The maximum absolute atomic E-state index is 13.1. The molecular weight excluding hydrogens is 391 g/mol. The van der Waals surface area contributed by atoms with Crippen LogP contribution in [0.15, 0.2) is 30.4 Å². The normalized spacial score (nSPS) is 22.0. The first-order chi connectivity index (χ1) is 13.3. The number of carbonyl (C=O) groups is 4. The molecule has 3 rings (SSSR count). The number of hydrogen-bond donors (Lipinski definition) is 1. The van der Waals surface area contributed by atoms with Crippen LogP contribution in [0.3, 0.4) is 0 Å². The third-order valence-electron chi connectivity index (χ3n) is 4.82. The van der Waals surface area contributed by atoms with E-state index < -0.39 is 54.0 Å². The number of anilines is 1. The largest absolute Gasteiger partial charge is 0.454 e. The lowest BCUT2D eigenvalue weighted by atomic mass is 9.85. The molecule has 1 N–H and O–H groups in total. The summed E-state index contributed by atoms with van der Waals surface area (Å²) in [5.41, 5.74) is 0.238. The third kappa shape index (κ3) is 3.91. The van der Waals surface area contributed by atoms with Gasteiger partial charge in [-0.05, 0) is 38.0 Å². The maximum Gasteiger partial charge on any atom is 0.329 e. The number of imide groups is 1. The van der Waals surface area contributed by atoms with Crippen LogP contribution < -0.4 is 5.32 Å². The summed E-state index contributed by atoms with van der Waals surface area (Å²) in [6, 6.07) is 2.49. The highest BCUT2D eigenvalue weighted by atomic mass is 35.5. The van der Waals surface area contributed by atoms with Crippen LogP contribution in [0.5, 0.6) is 0 Å². The van der Waals surface area contributed by atoms with Crippen LogP contribution in [-0.4, -0.2) is 41.2 Å². The Morgan fingerprint density at radius 2 is 1.86 bits per heavy atom. The second-order valence-corrected chi connectivity index (χ2v) is 7.07. The van der Waals surface area contributed by atoms with Crippen LogP contribution in [0.2, 0.25) is 5.02 Å². The van der Waals surface area contributed by atoms with Gasteiger partial charge >= 0.3 is 5.97 Å². The van der Waals surface area contributed by atoms with Gasteiger partial charge < -0.3 is 10.1 Å². The standard InChI is InChI=1S/C19H18ClFN2O5/c1-10(23-17(25)12-4-2-3-5-13(12)18(23)26)19(27)28-9-16(24)22-11-6-7-15(21)14(20)8-11/h2-3,6-8,10,12-13H,4-5,9H2,1H3,(H,22,24)/t10-,12-,13-/m0/s1. The van der Waals surface area contributed by atoms with Crippen molar-refractivity contribution in [2.24, 2.45) is 11.8 Å². The van der Waals surface area contributed by atoms with Crippen molar-refractivity contribution in [3.63, 3.8) is 0 Å². The van der Waals surface area contributed by atoms with E-state index in [1.807, 2.05) is 12.2 Å². The number of allylic oxidation sites excluding steroid dienone is 2. The molecule has 148 valence electrons. The molecule has 1 aliphatic heterocycles. The fourth-order valence-corrected chi connectivity index (χ4v) is 3.52. The van der Waals surface area contributed by atoms with Crippen LogP contribution in [0.25, 0.3) is 0 Å². The number of nitrogens with zero attached hydrogens (tertiary/aromatic N) is 1. The Bertz CT molecular complexity index is 846. The van der Waals surface area contributed by atoms with Crippen molar-refractivity contribution in [2.45, 2.75) is 25.8 Å². The van der Waals surface area contributed by atoms with Crippen LogP contribution in [-0.2, 0) is 23.9 Å². The fourth-order valence-electron chi connectivity index (χ4n) is 3.34. The van der Waals surface area contributed by atoms with Crippen LogP contribution >= 0.6 is 11.6 Å². The first-order valence-electron chi connectivity index (χ1n) is 8.73. The average Bonchev–Trinajstić information content (AvgIpc) is 2.93. The van der Waals surface area contributed by atoms with E-state index in [0.717, 1.165) is 11.0 Å². The van der Waals surface area contributed by atoms with E-state index in [4.69, 9.17) is 16.3 Å². The molecule has 1 aromatic rings. The number of nitrogens with one attached hydrogen (secondary N) is 1. The summed E-state index contributed by atoms with van der Waals surface area (Å²) in [7, 11) is 0. The summed E-state index contributed by atoms with van der Waals surface area (Å²) >= 11 is 5.63. The van der Waals surface area contributed by atoms with E-state index in [9.17, 15) is 23.6 Å². The lowest BCUT2D eigenvalue weighted by molar-refractivity contribution is -0.159. The molecule has 1 heterocycles. The molecule has 0 bridgehead atoms. The number of ether oxygens (including phenoxy) is 1. The molecule has 0 radical (unpaired) electrons. The first kappa shape index (κ1) is 20.0. The maximum atomic E-state index is 13.1. The quantitative estimate of drug-likeness (QED) is 0.458. The molecular formula is C19H18ClFN2O5. The van der Waals surface area contributed by atoms with E-state index in [-0.39, 0.29) is 10.7 Å². The molecule has 3 atom stereocenters. The van der Waals surface area contributed by atoms with Crippen molar-refractivity contribution in [1.82, 2.24) is 4.90 Å². The van der Waals surface area contributed by atoms with Crippen molar-refractivity contribution in [3.8, 4) is 0 Å². The van der Waals surface area contributed by atoms with Crippen molar-refractivity contribution in [1.29, 1.82) is 0 Å². The number of hydrogen-bond acceptors (Lipinski definition) is 5. The van der Waals surface area contributed by atoms with Gasteiger partial charge in [0.15, 0.2) is 6.61 Å². The highest BCUT2D eigenvalue weighted by molar-refractivity contribution is 6.31. The minimum Gasteiger partial charge on any atom is -0.454 e. The topological polar surface area (TPSA) is 92.8 Å². The van der Waals surface area contributed by atoms with Gasteiger partial charge in [-0.2, -0.15) is 0 Å². The Hall–Kier alpha value is -2.74. The number of carbonyl (C=O) groups excluding carboxylic acids is 4. The molecule has 3 amide bonds. The molecule has 0 unspecified atom stereocenters. The molecule has 0 aromatic heterocycles. The molecule has 1 fully saturated rings. The Morgan fingerprint density at radius 3 is 2.43 bits per heavy atom. The molecule has 1 aromatic carbocycles. The van der Waals surface area contributed by atoms with Crippen molar-refractivity contribution in [3.05, 3.63) is 41.2 Å². The SMILES string of the molecule is C[C@@H](C(=O)OCC(=O)Nc1ccc(F)c(Cl)c1)N1C(=O)[C@H]2CC=CC[C@@H]2C1=O.